The number of rotatable bonds is 2. The van der Waals surface area contributed by atoms with Crippen molar-refractivity contribution in [3.05, 3.63) is 94.4 Å². The van der Waals surface area contributed by atoms with Gasteiger partial charge in [0.1, 0.15) is 0 Å². The molecular formula is C29H32Cl2Zr. The molecule has 0 aliphatic heterocycles. The molecule has 0 aromatic carbocycles. The Balaban J connectivity index is 0.00000122. The topological polar surface area (TPSA) is 0 Å². The molecule has 0 nitrogen and oxygen atoms in total. The molecule has 9 atom stereocenters. The average molecular weight is 543 g/mol. The minimum absolute atomic E-state index is 0. The van der Waals surface area contributed by atoms with E-state index in [1.54, 1.807) is 3.21 Å². The summed E-state index contributed by atoms with van der Waals surface area (Å²) in [7, 11) is 0. The molecule has 0 aromatic rings. The van der Waals surface area contributed by atoms with E-state index in [1.807, 2.05) is 3.28 Å². The van der Waals surface area contributed by atoms with Crippen molar-refractivity contribution in [1.29, 1.82) is 0 Å². The van der Waals surface area contributed by atoms with E-state index >= 15 is 0 Å². The van der Waals surface area contributed by atoms with Crippen LogP contribution in [0.2, 0.25) is 3.63 Å². The molecule has 2 fully saturated rings. The van der Waals surface area contributed by atoms with E-state index in [-0.39, 0.29) is 24.8 Å². The van der Waals surface area contributed by atoms with Crippen LogP contribution in [0, 0.1) is 47.3 Å². The standard InChI is InChI=1S/C21H21.C5H5.C3H6.2ClH.Zr/c1-2-8-15-14(7-1)13-20-18-11-4-3-9-16(18)17-10-5-6-12-19(17)21(15)20;1-2-4-5-3-1;1-3-2;;;/h1-21H;1-3H,4H2;1-2H3;2*1H;/q;;;;;+2/p-2. The summed E-state index contributed by atoms with van der Waals surface area (Å²) in [5.74, 6) is 5.83. The third-order valence-electron chi connectivity index (χ3n) is 8.71. The summed E-state index contributed by atoms with van der Waals surface area (Å²) < 4.78 is 4.54. The van der Waals surface area contributed by atoms with Crippen LogP contribution in [0.25, 0.3) is 0 Å². The Labute approximate surface area is 213 Å². The van der Waals surface area contributed by atoms with Crippen molar-refractivity contribution in [2.45, 2.75) is 23.9 Å². The van der Waals surface area contributed by atoms with Crippen LogP contribution in [0.3, 0.4) is 0 Å². The Bertz CT molecular complexity index is 1010. The molecule has 166 valence electrons. The average Bonchev–Trinajstić information content (AvgIpc) is 3.42. The van der Waals surface area contributed by atoms with Crippen molar-refractivity contribution in [2.75, 3.05) is 0 Å². The Morgan fingerprint density at radius 3 is 1.59 bits per heavy atom. The third-order valence-corrected chi connectivity index (χ3v) is 17.5. The second-order valence-electron chi connectivity index (χ2n) is 10.2. The maximum atomic E-state index is 2.62. The minimum atomic E-state index is -1.93. The maximum Gasteiger partial charge on any atom is -1.00 e. The van der Waals surface area contributed by atoms with Crippen LogP contribution in [0.5, 0.6) is 0 Å². The fourth-order valence-corrected chi connectivity index (χ4v) is 17.5. The SMILES string of the molecule is C[C](C)=[Zr+2]([C]1=CC=CC1)[CH]1C2C=CC=CC2C2C3C=CC=CC3C3C=CC=CC3C21.[Cl-].[Cl-]. The molecule has 6 aliphatic rings. The Kier molecular flexibility index (Phi) is 7.51. The van der Waals surface area contributed by atoms with E-state index < -0.39 is 21.3 Å². The molecule has 0 amide bonds. The van der Waals surface area contributed by atoms with Gasteiger partial charge in [0.05, 0.1) is 0 Å². The van der Waals surface area contributed by atoms with Crippen LogP contribution in [0.15, 0.2) is 94.4 Å². The van der Waals surface area contributed by atoms with E-state index in [1.165, 1.54) is 6.42 Å². The van der Waals surface area contributed by atoms with Crippen LogP contribution in [-0.4, -0.2) is 3.21 Å². The minimum Gasteiger partial charge on any atom is -1.00 e. The van der Waals surface area contributed by atoms with Gasteiger partial charge in [-0.1, -0.05) is 0 Å². The van der Waals surface area contributed by atoms with Gasteiger partial charge in [-0.25, -0.2) is 0 Å². The summed E-state index contributed by atoms with van der Waals surface area (Å²) in [6, 6.07) is 0. The van der Waals surface area contributed by atoms with Crippen LogP contribution >= 0.6 is 0 Å². The zero-order valence-corrected chi connectivity index (χ0v) is 22.8. The molecule has 2 saturated carbocycles. The van der Waals surface area contributed by atoms with Crippen LogP contribution in [-0.2, 0) is 21.3 Å². The Morgan fingerprint density at radius 1 is 0.625 bits per heavy atom. The molecule has 0 radical (unpaired) electrons. The molecule has 0 aromatic heterocycles. The first-order chi connectivity index (χ1) is 14.8. The van der Waals surface area contributed by atoms with Gasteiger partial charge in [-0.3, -0.25) is 0 Å². The van der Waals surface area contributed by atoms with Gasteiger partial charge in [-0.05, 0) is 0 Å². The Hall–Kier alpha value is -0.747. The summed E-state index contributed by atoms with van der Waals surface area (Å²) in [5.41, 5.74) is 0. The zero-order chi connectivity index (χ0) is 20.2. The van der Waals surface area contributed by atoms with Crippen molar-refractivity contribution in [3.63, 3.8) is 0 Å². The molecule has 9 unspecified atom stereocenters. The van der Waals surface area contributed by atoms with Gasteiger partial charge >= 0.3 is 190 Å². The molecule has 6 rings (SSSR count). The van der Waals surface area contributed by atoms with Gasteiger partial charge in [0.2, 0.25) is 0 Å². The zero-order valence-electron chi connectivity index (χ0n) is 18.8. The van der Waals surface area contributed by atoms with Crippen molar-refractivity contribution in [1.82, 2.24) is 0 Å². The summed E-state index contributed by atoms with van der Waals surface area (Å²) >= 11 is -1.93. The molecule has 3 heteroatoms. The maximum absolute atomic E-state index is 2.62. The summed E-state index contributed by atoms with van der Waals surface area (Å²) in [5, 5.41) is 0. The van der Waals surface area contributed by atoms with E-state index in [9.17, 15) is 0 Å². The summed E-state index contributed by atoms with van der Waals surface area (Å²) in [6.45, 7) is 4.95. The monoisotopic (exact) mass is 540 g/mol. The summed E-state index contributed by atoms with van der Waals surface area (Å²) in [6.07, 6.45) is 38.0. The first-order valence-electron chi connectivity index (χ1n) is 11.8. The molecule has 32 heavy (non-hydrogen) atoms. The number of fused-ring (bicyclic) bond motifs is 8. The van der Waals surface area contributed by atoms with Crippen LogP contribution < -0.4 is 24.8 Å². The van der Waals surface area contributed by atoms with E-state index in [0.29, 0.717) is 23.7 Å². The van der Waals surface area contributed by atoms with Crippen molar-refractivity contribution < 1.29 is 46.1 Å². The normalized spacial score (nSPS) is 40.8. The van der Waals surface area contributed by atoms with Gasteiger partial charge in [0.25, 0.3) is 0 Å². The van der Waals surface area contributed by atoms with Gasteiger partial charge in [-0.15, -0.1) is 0 Å². The van der Waals surface area contributed by atoms with Gasteiger partial charge in [0.15, 0.2) is 0 Å². The molecule has 0 N–H and O–H groups in total. The largest absolute Gasteiger partial charge is 1.00 e. The third kappa shape index (κ3) is 3.72. The van der Waals surface area contributed by atoms with E-state index in [2.05, 4.69) is 105 Å². The first kappa shape index (κ1) is 24.4. The van der Waals surface area contributed by atoms with Gasteiger partial charge in [0, 0.05) is 0 Å². The second-order valence-corrected chi connectivity index (χ2v) is 17.9. The number of hydrogen-bond donors (Lipinski definition) is 0. The van der Waals surface area contributed by atoms with Crippen molar-refractivity contribution >= 4 is 3.21 Å². The molecule has 0 saturated heterocycles. The molecule has 0 bridgehead atoms. The van der Waals surface area contributed by atoms with Crippen LogP contribution in [0.1, 0.15) is 20.3 Å². The van der Waals surface area contributed by atoms with E-state index in [4.69, 9.17) is 0 Å². The predicted molar refractivity (Wildman–Crippen MR) is 125 cm³/mol. The first-order valence-corrected chi connectivity index (χ1v) is 15.7. The van der Waals surface area contributed by atoms with Crippen molar-refractivity contribution in [2.24, 2.45) is 47.3 Å². The fourth-order valence-electron chi connectivity index (χ4n) is 7.87. The fraction of sp³-hybridized carbons (Fsp3) is 0.414. The molecule has 0 spiro atoms. The molecule has 0 heterocycles. The number of hydrogen-bond acceptors (Lipinski definition) is 0. The second kappa shape index (κ2) is 9.86. The van der Waals surface area contributed by atoms with E-state index in [0.717, 1.165) is 27.3 Å². The Morgan fingerprint density at radius 2 is 1.09 bits per heavy atom. The number of halogens is 2. The van der Waals surface area contributed by atoms with Crippen LogP contribution in [0.4, 0.5) is 0 Å². The van der Waals surface area contributed by atoms with Gasteiger partial charge < -0.3 is 24.8 Å². The van der Waals surface area contributed by atoms with Gasteiger partial charge in [-0.2, -0.15) is 0 Å². The van der Waals surface area contributed by atoms with Crippen molar-refractivity contribution in [3.8, 4) is 0 Å². The quantitative estimate of drug-likeness (QED) is 0.484. The predicted octanol–water partition coefficient (Wildman–Crippen LogP) is 0.792. The molecule has 6 aliphatic carbocycles. The smallest absolute Gasteiger partial charge is 1.00 e. The summed E-state index contributed by atoms with van der Waals surface area (Å²) in [4.78, 5) is 0. The molecular weight excluding hydrogens is 510 g/mol. The number of allylic oxidation sites excluding steroid dienone is 16.